The first-order valence-electron chi connectivity index (χ1n) is 10.1. The summed E-state index contributed by atoms with van der Waals surface area (Å²) in [6, 6.07) is 13.8. The van der Waals surface area contributed by atoms with Crippen LogP contribution in [0.5, 0.6) is 5.75 Å². The van der Waals surface area contributed by atoms with Gasteiger partial charge in [0.1, 0.15) is 5.75 Å². The Morgan fingerprint density at radius 1 is 1.14 bits per heavy atom. The maximum Gasteiger partial charge on any atom is 0.411 e. The largest absolute Gasteiger partial charge is 0.494 e. The number of carbonyl (C=O) groups excluding carboxylic acids is 1. The van der Waals surface area contributed by atoms with Gasteiger partial charge in [-0.2, -0.15) is 0 Å². The van der Waals surface area contributed by atoms with E-state index in [9.17, 15) is 4.79 Å². The summed E-state index contributed by atoms with van der Waals surface area (Å²) in [4.78, 5) is 11.8. The zero-order valence-electron chi connectivity index (χ0n) is 17.5. The summed E-state index contributed by atoms with van der Waals surface area (Å²) in [6.07, 6.45) is 0.343. The highest BCUT2D eigenvalue weighted by Gasteiger charge is 2.19. The van der Waals surface area contributed by atoms with Crippen LogP contribution in [-0.4, -0.2) is 23.9 Å². The van der Waals surface area contributed by atoms with Gasteiger partial charge in [-0.25, -0.2) is 4.79 Å². The third-order valence-electron chi connectivity index (χ3n) is 4.68. The van der Waals surface area contributed by atoms with Crippen LogP contribution in [0.2, 0.25) is 0 Å². The zero-order chi connectivity index (χ0) is 21.0. The van der Waals surface area contributed by atoms with E-state index in [2.05, 4.69) is 23.7 Å². The number of hydrogen-bond donors (Lipinski definition) is 2. The predicted molar refractivity (Wildman–Crippen MR) is 119 cm³/mol. The normalized spacial score (nSPS) is 11.1. The molecule has 0 saturated heterocycles. The SMILES string of the molecule is CCCOC(=O)Nc1ccc(-c2c(N)c3ccc(OCC)cc3n2C(C)C)cc1. The molecule has 1 heterocycles. The van der Waals surface area contributed by atoms with Gasteiger partial charge < -0.3 is 19.8 Å². The van der Waals surface area contributed by atoms with Gasteiger partial charge in [0.2, 0.25) is 0 Å². The number of nitrogens with zero attached hydrogens (tertiary/aromatic N) is 1. The van der Waals surface area contributed by atoms with Crippen LogP contribution in [0.25, 0.3) is 22.2 Å². The molecule has 1 aromatic heterocycles. The molecule has 0 aliphatic heterocycles. The Kier molecular flexibility index (Phi) is 6.32. The van der Waals surface area contributed by atoms with Crippen molar-refractivity contribution >= 4 is 28.4 Å². The fraction of sp³-hybridized carbons (Fsp3) is 0.348. The average molecular weight is 396 g/mol. The molecule has 0 aliphatic carbocycles. The van der Waals surface area contributed by atoms with E-state index in [-0.39, 0.29) is 6.04 Å². The van der Waals surface area contributed by atoms with Gasteiger partial charge in [-0.15, -0.1) is 0 Å². The van der Waals surface area contributed by atoms with Gasteiger partial charge in [-0.05, 0) is 51.5 Å². The molecule has 1 amide bonds. The van der Waals surface area contributed by atoms with Crippen molar-refractivity contribution in [1.82, 2.24) is 4.57 Å². The second kappa shape index (κ2) is 8.90. The highest BCUT2D eigenvalue weighted by atomic mass is 16.5. The molecule has 6 heteroatoms. The van der Waals surface area contributed by atoms with Crippen molar-refractivity contribution in [3.63, 3.8) is 0 Å². The number of nitrogens with two attached hydrogens (primary N) is 1. The molecule has 0 bridgehead atoms. The van der Waals surface area contributed by atoms with Gasteiger partial charge >= 0.3 is 6.09 Å². The summed E-state index contributed by atoms with van der Waals surface area (Å²) in [5, 5.41) is 3.74. The lowest BCUT2D eigenvalue weighted by atomic mass is 10.1. The molecule has 0 atom stereocenters. The van der Waals surface area contributed by atoms with Crippen LogP contribution in [0.4, 0.5) is 16.2 Å². The number of hydrogen-bond acceptors (Lipinski definition) is 4. The van der Waals surface area contributed by atoms with Gasteiger partial charge in [-0.1, -0.05) is 19.1 Å². The molecule has 0 radical (unpaired) electrons. The lowest BCUT2D eigenvalue weighted by Crippen LogP contribution is -2.13. The number of aromatic nitrogens is 1. The van der Waals surface area contributed by atoms with Crippen LogP contribution in [0.1, 0.15) is 40.2 Å². The molecule has 0 spiro atoms. The molecule has 0 fully saturated rings. The zero-order valence-corrected chi connectivity index (χ0v) is 17.5. The summed E-state index contributed by atoms with van der Waals surface area (Å²) in [5.41, 5.74) is 11.0. The summed E-state index contributed by atoms with van der Waals surface area (Å²) in [6.45, 7) is 9.21. The van der Waals surface area contributed by atoms with E-state index in [1.165, 1.54) is 0 Å². The minimum atomic E-state index is -0.445. The Morgan fingerprint density at radius 3 is 2.48 bits per heavy atom. The monoisotopic (exact) mass is 395 g/mol. The van der Waals surface area contributed by atoms with Crippen molar-refractivity contribution < 1.29 is 14.3 Å². The average Bonchev–Trinajstić information content (AvgIpc) is 2.99. The predicted octanol–water partition coefficient (Wildman–Crippen LogP) is 5.83. The van der Waals surface area contributed by atoms with Gasteiger partial charge in [0.25, 0.3) is 0 Å². The molecule has 0 aliphatic rings. The summed E-state index contributed by atoms with van der Waals surface area (Å²) in [5.74, 6) is 0.830. The first-order chi connectivity index (χ1) is 14.0. The summed E-state index contributed by atoms with van der Waals surface area (Å²) in [7, 11) is 0. The third kappa shape index (κ3) is 4.31. The standard InChI is InChI=1S/C23H29N3O3/c1-5-13-29-23(27)25-17-9-7-16(8-10-17)22-21(24)19-12-11-18(28-6-2)14-20(19)26(22)15(3)4/h7-12,14-15H,5-6,13,24H2,1-4H3,(H,25,27). The van der Waals surface area contributed by atoms with Crippen LogP contribution < -0.4 is 15.8 Å². The molecular formula is C23H29N3O3. The number of rotatable bonds is 7. The molecule has 6 nitrogen and oxygen atoms in total. The third-order valence-corrected chi connectivity index (χ3v) is 4.68. The highest BCUT2D eigenvalue weighted by molar-refractivity contribution is 6.01. The molecule has 2 aromatic carbocycles. The number of benzene rings is 2. The molecule has 0 unspecified atom stereocenters. The fourth-order valence-electron chi connectivity index (χ4n) is 3.46. The summed E-state index contributed by atoms with van der Waals surface area (Å²) >= 11 is 0. The Bertz CT molecular complexity index is 991. The maximum absolute atomic E-state index is 11.8. The Hall–Kier alpha value is -3.15. The van der Waals surface area contributed by atoms with E-state index in [4.69, 9.17) is 15.2 Å². The van der Waals surface area contributed by atoms with Gasteiger partial charge in [0, 0.05) is 28.7 Å². The molecular weight excluding hydrogens is 366 g/mol. The molecule has 3 aromatic rings. The first-order valence-corrected chi connectivity index (χ1v) is 10.1. The molecule has 29 heavy (non-hydrogen) atoms. The first kappa shape index (κ1) is 20.6. The van der Waals surface area contributed by atoms with Crippen molar-refractivity contribution in [2.75, 3.05) is 24.3 Å². The second-order valence-electron chi connectivity index (χ2n) is 7.18. The molecule has 0 saturated carbocycles. The van der Waals surface area contributed by atoms with Crippen LogP contribution in [0.15, 0.2) is 42.5 Å². The number of ether oxygens (including phenoxy) is 2. The topological polar surface area (TPSA) is 78.5 Å². The van der Waals surface area contributed by atoms with E-state index in [1.54, 1.807) is 0 Å². The van der Waals surface area contributed by atoms with Crippen LogP contribution in [0.3, 0.4) is 0 Å². The van der Waals surface area contributed by atoms with Crippen molar-refractivity contribution in [1.29, 1.82) is 0 Å². The highest BCUT2D eigenvalue weighted by Crippen LogP contribution is 2.40. The maximum atomic E-state index is 11.8. The Labute approximate surface area is 171 Å². The van der Waals surface area contributed by atoms with E-state index in [0.717, 1.165) is 40.0 Å². The Morgan fingerprint density at radius 2 is 1.86 bits per heavy atom. The molecule has 154 valence electrons. The second-order valence-corrected chi connectivity index (χ2v) is 7.18. The van der Waals surface area contributed by atoms with Gasteiger partial charge in [0.15, 0.2) is 0 Å². The van der Waals surface area contributed by atoms with Gasteiger partial charge in [-0.3, -0.25) is 5.32 Å². The number of nitrogens with one attached hydrogen (secondary N) is 1. The van der Waals surface area contributed by atoms with E-state index in [1.807, 2.05) is 56.3 Å². The number of amides is 1. The lowest BCUT2D eigenvalue weighted by molar-refractivity contribution is 0.161. The number of carbonyl (C=O) groups is 1. The molecule has 3 N–H and O–H groups in total. The number of fused-ring (bicyclic) bond motifs is 1. The Balaban J connectivity index is 1.99. The number of anilines is 2. The van der Waals surface area contributed by atoms with Crippen molar-refractivity contribution in [2.24, 2.45) is 0 Å². The quantitative estimate of drug-likeness (QED) is 0.528. The van der Waals surface area contributed by atoms with Crippen LogP contribution in [0, 0.1) is 0 Å². The van der Waals surface area contributed by atoms with Crippen molar-refractivity contribution in [3.05, 3.63) is 42.5 Å². The van der Waals surface area contributed by atoms with E-state index < -0.39 is 6.09 Å². The number of nitrogen functional groups attached to an aromatic ring is 1. The van der Waals surface area contributed by atoms with Gasteiger partial charge in [0.05, 0.1) is 30.1 Å². The lowest BCUT2D eigenvalue weighted by Gasteiger charge is -2.16. The van der Waals surface area contributed by atoms with Crippen LogP contribution in [-0.2, 0) is 4.74 Å². The smallest absolute Gasteiger partial charge is 0.411 e. The fourth-order valence-corrected chi connectivity index (χ4v) is 3.46. The minimum Gasteiger partial charge on any atom is -0.494 e. The van der Waals surface area contributed by atoms with Crippen LogP contribution >= 0.6 is 0 Å². The van der Waals surface area contributed by atoms with Crippen molar-refractivity contribution in [2.45, 2.75) is 40.2 Å². The summed E-state index contributed by atoms with van der Waals surface area (Å²) < 4.78 is 13.0. The van der Waals surface area contributed by atoms with E-state index in [0.29, 0.717) is 18.9 Å². The minimum absolute atomic E-state index is 0.212. The van der Waals surface area contributed by atoms with Crippen molar-refractivity contribution in [3.8, 4) is 17.0 Å². The van der Waals surface area contributed by atoms with E-state index >= 15 is 0 Å². The molecule has 3 rings (SSSR count).